The molecule has 0 spiro atoms. The molecule has 1 atom stereocenters. The van der Waals surface area contributed by atoms with Crippen molar-refractivity contribution in [2.75, 3.05) is 7.11 Å². The van der Waals surface area contributed by atoms with E-state index in [2.05, 4.69) is 15.2 Å². The Labute approximate surface area is 129 Å². The number of methoxy groups -OCH3 is 1. The van der Waals surface area contributed by atoms with Crippen LogP contribution in [0.4, 0.5) is 0 Å². The summed E-state index contributed by atoms with van der Waals surface area (Å²) in [6.07, 6.45) is 0. The Morgan fingerprint density at radius 3 is 2.50 bits per heavy atom. The van der Waals surface area contributed by atoms with E-state index in [1.54, 1.807) is 7.11 Å². The minimum atomic E-state index is -0.351. The number of aromatic amines is 1. The van der Waals surface area contributed by atoms with Crippen molar-refractivity contribution in [1.82, 2.24) is 15.2 Å². The molecule has 0 saturated heterocycles. The van der Waals surface area contributed by atoms with Gasteiger partial charge < -0.3 is 10.5 Å². The van der Waals surface area contributed by atoms with Crippen LogP contribution in [0.2, 0.25) is 0 Å². The highest BCUT2D eigenvalue weighted by atomic mass is 16.5. The second kappa shape index (κ2) is 5.99. The summed E-state index contributed by atoms with van der Waals surface area (Å²) in [5.41, 5.74) is 9.35. The van der Waals surface area contributed by atoms with E-state index in [1.165, 1.54) is 0 Å². The number of ether oxygens (including phenoxy) is 1. The number of H-pyrrole nitrogens is 1. The summed E-state index contributed by atoms with van der Waals surface area (Å²) in [6, 6.07) is 15.3. The van der Waals surface area contributed by atoms with E-state index in [9.17, 15) is 0 Å². The Morgan fingerprint density at radius 2 is 1.82 bits per heavy atom. The summed E-state index contributed by atoms with van der Waals surface area (Å²) in [5, 5.41) is 7.23. The fourth-order valence-corrected chi connectivity index (χ4v) is 2.33. The van der Waals surface area contributed by atoms with Crippen molar-refractivity contribution >= 4 is 0 Å². The van der Waals surface area contributed by atoms with E-state index >= 15 is 0 Å². The Bertz CT molecular complexity index is 764. The maximum atomic E-state index is 6.26. The van der Waals surface area contributed by atoms with E-state index in [-0.39, 0.29) is 6.04 Å². The maximum Gasteiger partial charge on any atom is 0.181 e. The van der Waals surface area contributed by atoms with Gasteiger partial charge in [-0.2, -0.15) is 5.10 Å². The third-order valence-corrected chi connectivity index (χ3v) is 3.66. The third-order valence-electron chi connectivity index (χ3n) is 3.66. The molecule has 112 valence electrons. The molecule has 0 bridgehead atoms. The second-order valence-corrected chi connectivity index (χ2v) is 5.11. The highest BCUT2D eigenvalue weighted by Crippen LogP contribution is 2.23. The Hall–Kier alpha value is -2.66. The zero-order valence-corrected chi connectivity index (χ0v) is 12.6. The van der Waals surface area contributed by atoms with Crippen molar-refractivity contribution < 1.29 is 4.74 Å². The molecule has 3 rings (SSSR count). The molecule has 0 saturated carbocycles. The van der Waals surface area contributed by atoms with Crippen molar-refractivity contribution in [1.29, 1.82) is 0 Å². The molecule has 0 aliphatic rings. The molecule has 0 radical (unpaired) electrons. The molecule has 0 fully saturated rings. The maximum absolute atomic E-state index is 6.26. The normalized spacial score (nSPS) is 12.1. The zero-order valence-electron chi connectivity index (χ0n) is 12.6. The topological polar surface area (TPSA) is 76.8 Å². The Balaban J connectivity index is 1.88. The summed E-state index contributed by atoms with van der Waals surface area (Å²) in [4.78, 5) is 4.54. The largest absolute Gasteiger partial charge is 0.497 e. The number of nitrogens with one attached hydrogen (secondary N) is 1. The summed E-state index contributed by atoms with van der Waals surface area (Å²) in [6.45, 7) is 2.04. The molecule has 0 aliphatic carbocycles. The number of nitrogens with two attached hydrogens (primary N) is 1. The molecule has 0 amide bonds. The molecule has 3 N–H and O–H groups in total. The lowest BCUT2D eigenvalue weighted by Crippen LogP contribution is -2.13. The third kappa shape index (κ3) is 2.71. The van der Waals surface area contributed by atoms with E-state index in [1.807, 2.05) is 55.5 Å². The van der Waals surface area contributed by atoms with Crippen LogP contribution in [0, 0.1) is 6.92 Å². The lowest BCUT2D eigenvalue weighted by molar-refractivity contribution is 0.414. The number of hydrogen-bond acceptors (Lipinski definition) is 4. The number of aromatic nitrogens is 3. The first kappa shape index (κ1) is 14.3. The number of benzene rings is 2. The van der Waals surface area contributed by atoms with Crippen LogP contribution in [0.15, 0.2) is 48.5 Å². The van der Waals surface area contributed by atoms with Gasteiger partial charge in [0.2, 0.25) is 0 Å². The van der Waals surface area contributed by atoms with Crippen LogP contribution < -0.4 is 10.5 Å². The van der Waals surface area contributed by atoms with Gasteiger partial charge in [0.15, 0.2) is 5.82 Å². The van der Waals surface area contributed by atoms with Crippen LogP contribution >= 0.6 is 0 Å². The van der Waals surface area contributed by atoms with Gasteiger partial charge in [0, 0.05) is 5.56 Å². The highest BCUT2D eigenvalue weighted by Gasteiger charge is 2.15. The molecular weight excluding hydrogens is 276 g/mol. The van der Waals surface area contributed by atoms with Crippen LogP contribution in [0.1, 0.15) is 23.0 Å². The van der Waals surface area contributed by atoms with Crippen LogP contribution in [-0.2, 0) is 0 Å². The molecular formula is C17H18N4O. The first-order valence-corrected chi connectivity index (χ1v) is 7.07. The molecule has 1 aromatic heterocycles. The minimum absolute atomic E-state index is 0.351. The van der Waals surface area contributed by atoms with Gasteiger partial charge >= 0.3 is 0 Å². The van der Waals surface area contributed by atoms with Crippen molar-refractivity contribution in [3.05, 3.63) is 65.5 Å². The predicted molar refractivity (Wildman–Crippen MR) is 85.6 cm³/mol. The average Bonchev–Trinajstić information content (AvgIpc) is 3.04. The first-order chi connectivity index (χ1) is 10.7. The monoisotopic (exact) mass is 294 g/mol. The van der Waals surface area contributed by atoms with Gasteiger partial charge in [0.05, 0.1) is 13.2 Å². The summed E-state index contributed by atoms with van der Waals surface area (Å²) >= 11 is 0. The van der Waals surface area contributed by atoms with Gasteiger partial charge in [-0.3, -0.25) is 5.10 Å². The Kier molecular flexibility index (Phi) is 3.89. The fraction of sp³-hybridized carbons (Fsp3) is 0.176. The molecule has 2 aromatic carbocycles. The van der Waals surface area contributed by atoms with Crippen molar-refractivity contribution in [2.45, 2.75) is 13.0 Å². The first-order valence-electron chi connectivity index (χ1n) is 7.07. The van der Waals surface area contributed by atoms with Gasteiger partial charge in [0.1, 0.15) is 11.6 Å². The van der Waals surface area contributed by atoms with Crippen molar-refractivity contribution in [2.24, 2.45) is 5.73 Å². The Morgan fingerprint density at radius 1 is 1.09 bits per heavy atom. The van der Waals surface area contributed by atoms with E-state index < -0.39 is 0 Å². The van der Waals surface area contributed by atoms with Gasteiger partial charge in [-0.25, -0.2) is 4.98 Å². The van der Waals surface area contributed by atoms with E-state index in [0.29, 0.717) is 11.6 Å². The zero-order chi connectivity index (χ0) is 15.5. The van der Waals surface area contributed by atoms with Gasteiger partial charge in [-0.1, -0.05) is 36.4 Å². The number of aryl methyl sites for hydroxylation is 1. The number of rotatable bonds is 4. The number of nitrogens with zero attached hydrogens (tertiary/aromatic N) is 2. The molecule has 5 heteroatoms. The highest BCUT2D eigenvalue weighted by molar-refractivity contribution is 5.59. The van der Waals surface area contributed by atoms with Gasteiger partial charge in [0.25, 0.3) is 0 Å². The lowest BCUT2D eigenvalue weighted by atomic mass is 10.1. The predicted octanol–water partition coefficient (Wildman–Crippen LogP) is 2.84. The smallest absolute Gasteiger partial charge is 0.181 e. The standard InChI is InChI=1S/C17H18N4O/c1-11-5-3-4-6-14(11)16-19-17(21-20-16)15(18)12-7-9-13(22-2)10-8-12/h3-10,15H,18H2,1-2H3,(H,19,20,21). The van der Waals surface area contributed by atoms with Crippen molar-refractivity contribution in [3.63, 3.8) is 0 Å². The minimum Gasteiger partial charge on any atom is -0.497 e. The van der Waals surface area contributed by atoms with Crippen LogP contribution in [0.5, 0.6) is 5.75 Å². The summed E-state index contributed by atoms with van der Waals surface area (Å²) in [5.74, 6) is 2.11. The molecule has 0 aliphatic heterocycles. The molecule has 1 heterocycles. The average molecular weight is 294 g/mol. The van der Waals surface area contributed by atoms with Gasteiger partial charge in [-0.05, 0) is 30.2 Å². The lowest BCUT2D eigenvalue weighted by Gasteiger charge is -2.09. The van der Waals surface area contributed by atoms with E-state index in [0.717, 1.165) is 22.4 Å². The van der Waals surface area contributed by atoms with Crippen molar-refractivity contribution in [3.8, 4) is 17.1 Å². The van der Waals surface area contributed by atoms with Gasteiger partial charge in [-0.15, -0.1) is 0 Å². The summed E-state index contributed by atoms with van der Waals surface area (Å²) < 4.78 is 5.15. The molecule has 5 nitrogen and oxygen atoms in total. The number of hydrogen-bond donors (Lipinski definition) is 2. The SMILES string of the molecule is COc1ccc(C(N)c2nc(-c3ccccc3C)n[nH]2)cc1. The van der Waals surface area contributed by atoms with Crippen LogP contribution in [0.3, 0.4) is 0 Å². The quantitative estimate of drug-likeness (QED) is 0.775. The molecule has 3 aromatic rings. The fourth-order valence-electron chi connectivity index (χ4n) is 2.33. The van der Waals surface area contributed by atoms with E-state index in [4.69, 9.17) is 10.5 Å². The molecule has 22 heavy (non-hydrogen) atoms. The van der Waals surface area contributed by atoms with Crippen LogP contribution in [0.25, 0.3) is 11.4 Å². The van der Waals surface area contributed by atoms with Crippen LogP contribution in [-0.4, -0.2) is 22.3 Å². The summed E-state index contributed by atoms with van der Waals surface area (Å²) in [7, 11) is 1.64. The molecule has 1 unspecified atom stereocenters. The second-order valence-electron chi connectivity index (χ2n) is 5.11.